The second kappa shape index (κ2) is 3.98. The number of anilines is 1. The van der Waals surface area contributed by atoms with Crippen molar-refractivity contribution in [1.82, 2.24) is 10.1 Å². The van der Waals surface area contributed by atoms with E-state index in [1.165, 1.54) is 25.7 Å². The van der Waals surface area contributed by atoms with Crippen LogP contribution in [0.2, 0.25) is 0 Å². The Morgan fingerprint density at radius 2 is 2.00 bits per heavy atom. The Morgan fingerprint density at radius 3 is 2.57 bits per heavy atom. The van der Waals surface area contributed by atoms with E-state index in [9.17, 15) is 0 Å². The van der Waals surface area contributed by atoms with Gasteiger partial charge in [-0.25, -0.2) is 0 Å². The van der Waals surface area contributed by atoms with Crippen LogP contribution in [0.3, 0.4) is 0 Å². The van der Waals surface area contributed by atoms with E-state index >= 15 is 0 Å². The number of hydrogen-bond donors (Lipinski definition) is 1. The third kappa shape index (κ3) is 1.89. The molecule has 1 heterocycles. The zero-order chi connectivity index (χ0) is 9.97. The molecule has 4 heteroatoms. The van der Waals surface area contributed by atoms with Crippen molar-refractivity contribution in [1.29, 1.82) is 0 Å². The second-order valence-corrected chi connectivity index (χ2v) is 4.16. The van der Waals surface area contributed by atoms with Crippen LogP contribution in [-0.4, -0.2) is 17.2 Å². The van der Waals surface area contributed by atoms with Gasteiger partial charge in [-0.15, -0.1) is 0 Å². The number of rotatable bonds is 2. The minimum atomic E-state index is 0.511. The fourth-order valence-electron chi connectivity index (χ4n) is 2.02. The van der Waals surface area contributed by atoms with Gasteiger partial charge < -0.3 is 9.84 Å². The fraction of sp³-hybridized carbons (Fsp3) is 0.800. The van der Waals surface area contributed by atoms with Crippen molar-refractivity contribution in [2.24, 2.45) is 5.92 Å². The Kier molecular flexibility index (Phi) is 2.70. The van der Waals surface area contributed by atoms with Crippen LogP contribution >= 0.6 is 0 Å². The highest BCUT2D eigenvalue weighted by atomic mass is 16.5. The Labute approximate surface area is 84.1 Å². The molecule has 0 radical (unpaired) electrons. The lowest BCUT2D eigenvalue weighted by atomic mass is 9.83. The highest BCUT2D eigenvalue weighted by Gasteiger charge is 2.23. The summed E-state index contributed by atoms with van der Waals surface area (Å²) >= 11 is 0. The molecule has 0 spiro atoms. The van der Waals surface area contributed by atoms with Crippen molar-refractivity contribution in [3.8, 4) is 0 Å². The summed E-state index contributed by atoms with van der Waals surface area (Å²) in [5, 5.41) is 6.84. The molecular formula is C10H17N3O. The molecule has 1 aromatic heterocycles. The predicted octanol–water partition coefficient (Wildman–Crippen LogP) is 2.41. The Hall–Kier alpha value is -1.06. The summed E-state index contributed by atoms with van der Waals surface area (Å²) < 4.78 is 5.02. The average Bonchev–Trinajstić information content (AvgIpc) is 2.67. The van der Waals surface area contributed by atoms with Crippen molar-refractivity contribution in [2.45, 2.75) is 38.5 Å². The van der Waals surface area contributed by atoms with Gasteiger partial charge in [0.05, 0.1) is 0 Å². The molecule has 4 nitrogen and oxygen atoms in total. The first-order valence-corrected chi connectivity index (χ1v) is 5.31. The number of nitrogens with zero attached hydrogens (tertiary/aromatic N) is 2. The predicted molar refractivity (Wildman–Crippen MR) is 54.2 cm³/mol. The van der Waals surface area contributed by atoms with Crippen molar-refractivity contribution in [3.63, 3.8) is 0 Å². The maximum absolute atomic E-state index is 5.02. The quantitative estimate of drug-likeness (QED) is 0.787. The van der Waals surface area contributed by atoms with Gasteiger partial charge in [0.2, 0.25) is 0 Å². The van der Waals surface area contributed by atoms with Gasteiger partial charge in [0.1, 0.15) is 0 Å². The summed E-state index contributed by atoms with van der Waals surface area (Å²) in [6.07, 6.45) is 4.97. The summed E-state index contributed by atoms with van der Waals surface area (Å²) in [5.41, 5.74) is 0. The maximum atomic E-state index is 5.02. The normalized spacial score (nSPS) is 27.6. The van der Waals surface area contributed by atoms with E-state index in [0.717, 1.165) is 11.7 Å². The zero-order valence-corrected chi connectivity index (χ0v) is 8.79. The molecule has 78 valence electrons. The summed E-state index contributed by atoms with van der Waals surface area (Å²) in [5.74, 6) is 2.25. The van der Waals surface area contributed by atoms with E-state index in [-0.39, 0.29) is 0 Å². The summed E-state index contributed by atoms with van der Waals surface area (Å²) in [4.78, 5) is 4.29. The molecule has 0 saturated heterocycles. The van der Waals surface area contributed by atoms with Crippen LogP contribution in [0.5, 0.6) is 0 Å². The molecule has 1 N–H and O–H groups in total. The van der Waals surface area contributed by atoms with E-state index in [4.69, 9.17) is 4.52 Å². The Morgan fingerprint density at radius 1 is 1.29 bits per heavy atom. The maximum Gasteiger partial charge on any atom is 0.321 e. The molecule has 1 aliphatic rings. The van der Waals surface area contributed by atoms with E-state index in [1.807, 2.05) is 0 Å². The summed E-state index contributed by atoms with van der Waals surface area (Å²) in [7, 11) is 1.79. The highest BCUT2D eigenvalue weighted by molar-refractivity contribution is 5.17. The summed E-state index contributed by atoms with van der Waals surface area (Å²) in [6.45, 7) is 2.31. The lowest BCUT2D eigenvalue weighted by molar-refractivity contribution is 0.329. The molecule has 0 atom stereocenters. The van der Waals surface area contributed by atoms with E-state index in [1.54, 1.807) is 7.05 Å². The monoisotopic (exact) mass is 195 g/mol. The van der Waals surface area contributed by atoms with Crippen LogP contribution < -0.4 is 5.32 Å². The first-order valence-electron chi connectivity index (χ1n) is 5.31. The van der Waals surface area contributed by atoms with Gasteiger partial charge in [0.15, 0.2) is 5.82 Å². The van der Waals surface area contributed by atoms with E-state index < -0.39 is 0 Å². The molecular weight excluding hydrogens is 178 g/mol. The molecule has 0 amide bonds. The smallest absolute Gasteiger partial charge is 0.321 e. The molecule has 0 unspecified atom stereocenters. The Balaban J connectivity index is 2.01. The van der Waals surface area contributed by atoms with Crippen molar-refractivity contribution >= 4 is 6.01 Å². The third-order valence-electron chi connectivity index (χ3n) is 3.04. The minimum Gasteiger partial charge on any atom is -0.341 e. The third-order valence-corrected chi connectivity index (χ3v) is 3.04. The Bertz CT molecular complexity index is 289. The first-order chi connectivity index (χ1) is 6.79. The number of hydrogen-bond acceptors (Lipinski definition) is 4. The van der Waals surface area contributed by atoms with Crippen LogP contribution in [0.4, 0.5) is 6.01 Å². The van der Waals surface area contributed by atoms with Crippen LogP contribution in [0.15, 0.2) is 4.52 Å². The molecule has 14 heavy (non-hydrogen) atoms. The molecule has 1 aromatic rings. The van der Waals surface area contributed by atoms with Crippen LogP contribution in [-0.2, 0) is 0 Å². The molecule has 1 saturated carbocycles. The standard InChI is InChI=1S/C10H17N3O/c1-7-3-5-8(6-4-7)9-12-10(11-2)14-13-9/h7-8H,3-6H2,1-2H3,(H,11,12,13). The lowest BCUT2D eigenvalue weighted by Crippen LogP contribution is -2.11. The zero-order valence-electron chi connectivity index (χ0n) is 8.79. The fourth-order valence-corrected chi connectivity index (χ4v) is 2.02. The van der Waals surface area contributed by atoms with Crippen LogP contribution in [0, 0.1) is 5.92 Å². The summed E-state index contributed by atoms with van der Waals surface area (Å²) in [6, 6.07) is 0.527. The molecule has 0 bridgehead atoms. The van der Waals surface area contributed by atoms with Crippen LogP contribution in [0.1, 0.15) is 44.3 Å². The van der Waals surface area contributed by atoms with Gasteiger partial charge in [-0.1, -0.05) is 24.9 Å². The average molecular weight is 195 g/mol. The van der Waals surface area contributed by atoms with Crippen molar-refractivity contribution < 1.29 is 4.52 Å². The molecule has 1 aliphatic carbocycles. The van der Waals surface area contributed by atoms with Crippen molar-refractivity contribution in [2.75, 3.05) is 12.4 Å². The van der Waals surface area contributed by atoms with E-state index in [2.05, 4.69) is 22.4 Å². The minimum absolute atomic E-state index is 0.511. The number of nitrogens with one attached hydrogen (secondary N) is 1. The van der Waals surface area contributed by atoms with Gasteiger partial charge in [0.25, 0.3) is 0 Å². The van der Waals surface area contributed by atoms with E-state index in [0.29, 0.717) is 11.9 Å². The second-order valence-electron chi connectivity index (χ2n) is 4.16. The SMILES string of the molecule is CNc1nc(C2CCC(C)CC2)no1. The topological polar surface area (TPSA) is 51.0 Å². The van der Waals surface area contributed by atoms with Gasteiger partial charge in [-0.05, 0) is 18.8 Å². The first kappa shape index (κ1) is 9.49. The van der Waals surface area contributed by atoms with Crippen LogP contribution in [0.25, 0.3) is 0 Å². The number of aromatic nitrogens is 2. The van der Waals surface area contributed by atoms with Gasteiger partial charge in [0, 0.05) is 13.0 Å². The van der Waals surface area contributed by atoms with Gasteiger partial charge in [-0.2, -0.15) is 4.98 Å². The van der Waals surface area contributed by atoms with Gasteiger partial charge in [-0.3, -0.25) is 0 Å². The largest absolute Gasteiger partial charge is 0.341 e. The van der Waals surface area contributed by atoms with Gasteiger partial charge >= 0.3 is 6.01 Å². The lowest BCUT2D eigenvalue weighted by Gasteiger charge is -2.23. The van der Waals surface area contributed by atoms with Crippen molar-refractivity contribution in [3.05, 3.63) is 5.82 Å². The molecule has 0 aromatic carbocycles. The highest BCUT2D eigenvalue weighted by Crippen LogP contribution is 2.34. The molecule has 1 fully saturated rings. The molecule has 2 rings (SSSR count). The molecule has 0 aliphatic heterocycles.